The van der Waals surface area contributed by atoms with Crippen LogP contribution in [0.1, 0.15) is 52.4 Å². The van der Waals surface area contributed by atoms with E-state index in [2.05, 4.69) is 16.0 Å². The van der Waals surface area contributed by atoms with Gasteiger partial charge in [-0.3, -0.25) is 24.0 Å². The van der Waals surface area contributed by atoms with E-state index in [0.717, 1.165) is 0 Å². The number of carboxylic acids is 1. The van der Waals surface area contributed by atoms with Gasteiger partial charge in [0.1, 0.15) is 18.1 Å². The van der Waals surface area contributed by atoms with Crippen LogP contribution in [-0.4, -0.2) is 76.8 Å². The quantitative estimate of drug-likeness (QED) is 0.108. The number of nitrogens with two attached hydrogens (primary N) is 3. The van der Waals surface area contributed by atoms with Crippen LogP contribution in [0.4, 0.5) is 0 Å². The van der Waals surface area contributed by atoms with Crippen molar-refractivity contribution in [2.45, 2.75) is 76.5 Å². The lowest BCUT2D eigenvalue weighted by Gasteiger charge is -2.26. The molecule has 0 aliphatic carbocycles. The van der Waals surface area contributed by atoms with E-state index >= 15 is 0 Å². The molecule has 35 heavy (non-hydrogen) atoms. The van der Waals surface area contributed by atoms with Gasteiger partial charge in [-0.05, 0) is 43.6 Å². The van der Waals surface area contributed by atoms with Crippen molar-refractivity contribution in [3.05, 3.63) is 0 Å². The summed E-state index contributed by atoms with van der Waals surface area (Å²) in [6.45, 7) is 3.64. The number of aliphatic carboxylic acids is 1. The first kappa shape index (κ1) is 32.1. The third-order valence-corrected chi connectivity index (χ3v) is 5.56. The molecule has 0 saturated carbocycles. The molecule has 0 aromatic carbocycles. The topological polar surface area (TPSA) is 237 Å². The second kappa shape index (κ2) is 16.7. The van der Waals surface area contributed by atoms with Gasteiger partial charge in [0.2, 0.25) is 29.5 Å². The van der Waals surface area contributed by atoms with Gasteiger partial charge in [-0.15, -0.1) is 0 Å². The molecule has 4 atom stereocenters. The number of carbonyl (C=O) groups excluding carboxylic acids is 5. The fourth-order valence-electron chi connectivity index (χ4n) is 3.00. The van der Waals surface area contributed by atoms with Crippen LogP contribution in [0.15, 0.2) is 0 Å². The highest BCUT2D eigenvalue weighted by Crippen LogP contribution is 2.09. The molecule has 4 unspecified atom stereocenters. The third kappa shape index (κ3) is 14.2. The van der Waals surface area contributed by atoms with Gasteiger partial charge in [0.05, 0.1) is 6.04 Å². The lowest BCUT2D eigenvalue weighted by Crippen LogP contribution is -2.57. The van der Waals surface area contributed by atoms with Crippen molar-refractivity contribution in [1.82, 2.24) is 16.0 Å². The van der Waals surface area contributed by atoms with Crippen LogP contribution in [0.25, 0.3) is 0 Å². The Morgan fingerprint density at radius 1 is 0.771 bits per heavy atom. The fraction of sp³-hybridized carbons (Fsp3) is 0.714. The van der Waals surface area contributed by atoms with Crippen LogP contribution in [-0.2, 0) is 28.8 Å². The van der Waals surface area contributed by atoms with Crippen molar-refractivity contribution in [3.63, 3.8) is 0 Å². The molecule has 0 spiro atoms. The Morgan fingerprint density at radius 3 is 1.74 bits per heavy atom. The number of primary amides is 2. The highest BCUT2D eigenvalue weighted by atomic mass is 32.2. The summed E-state index contributed by atoms with van der Waals surface area (Å²) in [5.41, 5.74) is 15.9. The van der Waals surface area contributed by atoms with E-state index in [1.54, 1.807) is 0 Å². The molecular weight excluding hydrogens is 480 g/mol. The first-order valence-corrected chi connectivity index (χ1v) is 12.6. The molecule has 14 heteroatoms. The third-order valence-electron chi connectivity index (χ3n) is 4.92. The summed E-state index contributed by atoms with van der Waals surface area (Å²) in [6, 6.07) is -4.52. The van der Waals surface area contributed by atoms with E-state index in [4.69, 9.17) is 17.2 Å². The largest absolute Gasteiger partial charge is 0.480 e. The first-order chi connectivity index (χ1) is 16.3. The zero-order valence-electron chi connectivity index (χ0n) is 20.4. The molecule has 0 heterocycles. The molecule has 0 radical (unpaired) electrons. The Hall–Kier alpha value is -2.87. The smallest absolute Gasteiger partial charge is 0.326 e. The van der Waals surface area contributed by atoms with Crippen LogP contribution >= 0.6 is 11.8 Å². The highest BCUT2D eigenvalue weighted by molar-refractivity contribution is 7.98. The highest BCUT2D eigenvalue weighted by Gasteiger charge is 2.30. The predicted molar refractivity (Wildman–Crippen MR) is 131 cm³/mol. The molecule has 10 N–H and O–H groups in total. The van der Waals surface area contributed by atoms with Crippen LogP contribution < -0.4 is 33.2 Å². The maximum atomic E-state index is 13.0. The Balaban J connectivity index is 5.45. The minimum absolute atomic E-state index is 0.0122. The molecule has 0 aliphatic rings. The fourth-order valence-corrected chi connectivity index (χ4v) is 3.48. The number of amides is 5. The SMILES string of the molecule is CSCCC(NC(=O)C(N)CCC(N)=O)C(=O)NC(CC(C)C)C(=O)NC(CCC(N)=O)C(=O)O. The normalized spacial score (nSPS) is 14.3. The molecule has 13 nitrogen and oxygen atoms in total. The zero-order valence-corrected chi connectivity index (χ0v) is 21.2. The van der Waals surface area contributed by atoms with Gasteiger partial charge in [0, 0.05) is 12.8 Å². The molecule has 200 valence electrons. The minimum atomic E-state index is -1.36. The summed E-state index contributed by atoms with van der Waals surface area (Å²) in [6.07, 6.45) is 1.74. The molecule has 0 aliphatic heterocycles. The van der Waals surface area contributed by atoms with Gasteiger partial charge >= 0.3 is 5.97 Å². The number of carboxylic acid groups (broad SMARTS) is 1. The van der Waals surface area contributed by atoms with E-state index in [9.17, 15) is 33.9 Å². The summed E-state index contributed by atoms with van der Waals surface area (Å²) >= 11 is 1.45. The van der Waals surface area contributed by atoms with Gasteiger partial charge in [-0.25, -0.2) is 4.79 Å². The molecule has 0 aromatic rings. The minimum Gasteiger partial charge on any atom is -0.480 e. The Morgan fingerprint density at radius 2 is 1.26 bits per heavy atom. The van der Waals surface area contributed by atoms with Gasteiger partial charge in [-0.2, -0.15) is 11.8 Å². The van der Waals surface area contributed by atoms with Crippen LogP contribution in [0.5, 0.6) is 0 Å². The van der Waals surface area contributed by atoms with Crippen molar-refractivity contribution in [2.24, 2.45) is 23.1 Å². The van der Waals surface area contributed by atoms with Crippen LogP contribution in [0.2, 0.25) is 0 Å². The predicted octanol–water partition coefficient (Wildman–Crippen LogP) is -1.82. The molecule has 0 aromatic heterocycles. The average Bonchev–Trinajstić information content (AvgIpc) is 2.75. The van der Waals surface area contributed by atoms with E-state index in [0.29, 0.717) is 5.75 Å². The number of hydrogen-bond acceptors (Lipinski definition) is 8. The summed E-state index contributed by atoms with van der Waals surface area (Å²) in [4.78, 5) is 71.7. The van der Waals surface area contributed by atoms with Gasteiger partial charge in [0.15, 0.2) is 0 Å². The Labute approximate surface area is 209 Å². The van der Waals surface area contributed by atoms with E-state index in [-0.39, 0.29) is 44.4 Å². The maximum Gasteiger partial charge on any atom is 0.326 e. The molecule has 5 amide bonds. The van der Waals surface area contributed by atoms with Gasteiger partial charge < -0.3 is 38.3 Å². The second-order valence-corrected chi connectivity index (χ2v) is 9.53. The second-order valence-electron chi connectivity index (χ2n) is 8.55. The van der Waals surface area contributed by atoms with Crippen LogP contribution in [0.3, 0.4) is 0 Å². The first-order valence-electron chi connectivity index (χ1n) is 11.2. The molecule has 0 rings (SSSR count). The Bertz CT molecular complexity index is 764. The van der Waals surface area contributed by atoms with Crippen LogP contribution in [0, 0.1) is 5.92 Å². The van der Waals surface area contributed by atoms with E-state index < -0.39 is 59.7 Å². The summed E-state index contributed by atoms with van der Waals surface area (Å²) < 4.78 is 0. The number of carbonyl (C=O) groups is 6. The maximum absolute atomic E-state index is 13.0. The van der Waals surface area contributed by atoms with E-state index in [1.807, 2.05) is 20.1 Å². The number of thioether (sulfide) groups is 1. The van der Waals surface area contributed by atoms with Crippen molar-refractivity contribution in [3.8, 4) is 0 Å². The van der Waals surface area contributed by atoms with Crippen molar-refractivity contribution < 1.29 is 33.9 Å². The van der Waals surface area contributed by atoms with Crippen molar-refractivity contribution in [1.29, 1.82) is 0 Å². The van der Waals surface area contributed by atoms with E-state index in [1.165, 1.54) is 11.8 Å². The van der Waals surface area contributed by atoms with Gasteiger partial charge in [-0.1, -0.05) is 13.8 Å². The number of rotatable bonds is 18. The standard InChI is InChI=1S/C21H38N6O7S/c1-11(2)10-15(20(32)26-14(21(33)34)5-7-17(24)29)27-19(31)13(8-9-35-3)25-18(30)12(22)4-6-16(23)28/h11-15H,4-10,22H2,1-3H3,(H2,23,28)(H2,24,29)(H,25,30)(H,26,32)(H,27,31)(H,33,34). The molecule has 0 saturated heterocycles. The molecule has 0 bridgehead atoms. The molecular formula is C21H38N6O7S. The summed E-state index contributed by atoms with van der Waals surface area (Å²) in [5.74, 6) is -4.21. The number of nitrogens with one attached hydrogen (secondary N) is 3. The lowest BCUT2D eigenvalue weighted by molar-refractivity contribution is -0.142. The zero-order chi connectivity index (χ0) is 27.1. The van der Waals surface area contributed by atoms with Crippen molar-refractivity contribution >= 4 is 47.3 Å². The number of hydrogen-bond donors (Lipinski definition) is 7. The average molecular weight is 519 g/mol. The summed E-state index contributed by atoms with van der Waals surface area (Å²) in [7, 11) is 0. The summed E-state index contributed by atoms with van der Waals surface area (Å²) in [5, 5.41) is 16.8. The monoisotopic (exact) mass is 518 g/mol. The Kier molecular flexibility index (Phi) is 15.3. The molecule has 0 fully saturated rings. The van der Waals surface area contributed by atoms with Crippen molar-refractivity contribution in [2.75, 3.05) is 12.0 Å². The lowest BCUT2D eigenvalue weighted by atomic mass is 10.0. The van der Waals surface area contributed by atoms with Gasteiger partial charge in [0.25, 0.3) is 0 Å².